The third-order valence-corrected chi connectivity index (χ3v) is 3.78. The van der Waals surface area contributed by atoms with Crippen molar-refractivity contribution in [1.82, 2.24) is 10.2 Å². The molecule has 1 amide bonds. The van der Waals surface area contributed by atoms with Gasteiger partial charge in [0.2, 0.25) is 11.0 Å². The molecule has 2 aromatic rings. The summed E-state index contributed by atoms with van der Waals surface area (Å²) in [6.07, 6.45) is 1.91. The van der Waals surface area contributed by atoms with E-state index in [2.05, 4.69) is 15.5 Å². The summed E-state index contributed by atoms with van der Waals surface area (Å²) in [7, 11) is 0. The Morgan fingerprint density at radius 1 is 1.41 bits per heavy atom. The minimum absolute atomic E-state index is 0.131. The van der Waals surface area contributed by atoms with E-state index in [9.17, 15) is 4.79 Å². The molecule has 22 heavy (non-hydrogen) atoms. The first kappa shape index (κ1) is 16.4. The molecule has 0 radical (unpaired) electrons. The average Bonchev–Trinajstić information content (AvgIpc) is 2.91. The number of aryl methyl sites for hydroxylation is 2. The number of aromatic nitrogens is 2. The molecule has 7 heteroatoms. The average molecular weight is 320 g/mol. The zero-order chi connectivity index (χ0) is 15.8. The summed E-state index contributed by atoms with van der Waals surface area (Å²) < 4.78 is 5.68. The molecule has 1 heterocycles. The minimum atomic E-state index is -0.131. The number of hydrogen-bond acceptors (Lipinski definition) is 6. The maximum Gasteiger partial charge on any atom is 0.227 e. The van der Waals surface area contributed by atoms with Gasteiger partial charge in [-0.3, -0.25) is 4.79 Å². The molecule has 0 fully saturated rings. The van der Waals surface area contributed by atoms with Crippen LogP contribution in [-0.2, 0) is 11.2 Å². The van der Waals surface area contributed by atoms with Crippen LogP contribution in [0.25, 0.3) is 0 Å². The molecule has 1 aromatic heterocycles. The molecule has 0 atom stereocenters. The lowest BCUT2D eigenvalue weighted by Crippen LogP contribution is -2.15. The Bertz CT molecular complexity index is 615. The monoisotopic (exact) mass is 320 g/mol. The van der Waals surface area contributed by atoms with E-state index in [-0.39, 0.29) is 5.91 Å². The van der Waals surface area contributed by atoms with Crippen molar-refractivity contribution in [3.8, 4) is 5.75 Å². The van der Waals surface area contributed by atoms with E-state index in [0.29, 0.717) is 24.7 Å². The molecule has 0 saturated heterocycles. The molecule has 0 spiro atoms. The van der Waals surface area contributed by atoms with Gasteiger partial charge in [-0.25, -0.2) is 0 Å². The third-order valence-electron chi connectivity index (χ3n) is 2.88. The summed E-state index contributed by atoms with van der Waals surface area (Å²) in [6.45, 7) is 2.99. The van der Waals surface area contributed by atoms with E-state index in [1.54, 1.807) is 0 Å². The number of anilines is 1. The largest absolute Gasteiger partial charge is 0.494 e. The molecule has 1 aromatic carbocycles. The van der Waals surface area contributed by atoms with Gasteiger partial charge in [-0.2, -0.15) is 0 Å². The molecule has 2 rings (SSSR count). The number of nitrogens with one attached hydrogen (secondary N) is 1. The maximum absolute atomic E-state index is 11.4. The maximum atomic E-state index is 11.4. The van der Waals surface area contributed by atoms with Crippen LogP contribution in [-0.4, -0.2) is 29.3 Å². The van der Waals surface area contributed by atoms with E-state index in [1.807, 2.05) is 31.2 Å². The highest BCUT2D eigenvalue weighted by molar-refractivity contribution is 7.15. The van der Waals surface area contributed by atoms with Crippen molar-refractivity contribution >= 4 is 22.4 Å². The summed E-state index contributed by atoms with van der Waals surface area (Å²) in [6, 6.07) is 7.97. The van der Waals surface area contributed by atoms with Crippen LogP contribution in [0.5, 0.6) is 5.75 Å². The Morgan fingerprint density at radius 2 is 2.27 bits per heavy atom. The lowest BCUT2D eigenvalue weighted by atomic mass is 10.2. The highest BCUT2D eigenvalue weighted by Gasteiger charge is 2.07. The van der Waals surface area contributed by atoms with Gasteiger partial charge in [-0.15, -0.1) is 10.2 Å². The zero-order valence-electron chi connectivity index (χ0n) is 12.5. The first-order valence-corrected chi connectivity index (χ1v) is 8.01. The molecule has 0 aliphatic rings. The van der Waals surface area contributed by atoms with Gasteiger partial charge in [0.05, 0.1) is 6.61 Å². The minimum Gasteiger partial charge on any atom is -0.494 e. The molecule has 3 N–H and O–H groups in total. The topological polar surface area (TPSA) is 90.1 Å². The van der Waals surface area contributed by atoms with Crippen molar-refractivity contribution in [3.63, 3.8) is 0 Å². The van der Waals surface area contributed by atoms with Crippen LogP contribution in [0.1, 0.15) is 23.4 Å². The standard InChI is InChI=1S/C15H20N4O2S/c1-11-4-2-5-12(10-11)21-9-3-6-14-18-19-15(22-14)17-13(20)7-8-16/h2,4-5,10H,3,6-9,16H2,1H3,(H,17,19,20). The first-order chi connectivity index (χ1) is 10.7. The van der Waals surface area contributed by atoms with Gasteiger partial charge >= 0.3 is 0 Å². The van der Waals surface area contributed by atoms with Crippen LogP contribution in [0.15, 0.2) is 24.3 Å². The molecule has 0 aliphatic carbocycles. The van der Waals surface area contributed by atoms with Crippen LogP contribution in [0, 0.1) is 6.92 Å². The fraction of sp³-hybridized carbons (Fsp3) is 0.400. The summed E-state index contributed by atoms with van der Waals surface area (Å²) >= 11 is 1.39. The zero-order valence-corrected chi connectivity index (χ0v) is 13.4. The van der Waals surface area contributed by atoms with Crippen LogP contribution in [0.2, 0.25) is 0 Å². The Labute approximate surface area is 133 Å². The number of nitrogens with zero attached hydrogens (tertiary/aromatic N) is 2. The fourth-order valence-electron chi connectivity index (χ4n) is 1.84. The van der Waals surface area contributed by atoms with Crippen molar-refractivity contribution in [2.24, 2.45) is 5.73 Å². The van der Waals surface area contributed by atoms with Gasteiger partial charge < -0.3 is 15.8 Å². The van der Waals surface area contributed by atoms with Gasteiger partial charge in [-0.1, -0.05) is 23.5 Å². The van der Waals surface area contributed by atoms with Crippen LogP contribution >= 0.6 is 11.3 Å². The molecule has 0 saturated carbocycles. The summed E-state index contributed by atoms with van der Waals surface area (Å²) in [4.78, 5) is 11.4. The predicted molar refractivity (Wildman–Crippen MR) is 87.2 cm³/mol. The van der Waals surface area contributed by atoms with Crippen molar-refractivity contribution in [2.75, 3.05) is 18.5 Å². The van der Waals surface area contributed by atoms with E-state index in [0.717, 1.165) is 23.6 Å². The lowest BCUT2D eigenvalue weighted by molar-refractivity contribution is -0.116. The van der Waals surface area contributed by atoms with Gasteiger partial charge in [-0.05, 0) is 31.0 Å². The molecular formula is C15H20N4O2S. The van der Waals surface area contributed by atoms with Crippen molar-refractivity contribution in [2.45, 2.75) is 26.2 Å². The second kappa shape index (κ2) is 8.45. The smallest absolute Gasteiger partial charge is 0.227 e. The van der Waals surface area contributed by atoms with Crippen LogP contribution in [0.4, 0.5) is 5.13 Å². The number of carbonyl (C=O) groups excluding carboxylic acids is 1. The normalized spacial score (nSPS) is 10.5. The van der Waals surface area contributed by atoms with Gasteiger partial charge in [0.25, 0.3) is 0 Å². The Hall–Kier alpha value is -1.99. The molecule has 0 bridgehead atoms. The Kier molecular flexibility index (Phi) is 6.29. The number of nitrogens with two attached hydrogens (primary N) is 1. The van der Waals surface area contributed by atoms with Gasteiger partial charge in [0, 0.05) is 19.4 Å². The highest BCUT2D eigenvalue weighted by atomic mass is 32.1. The molecule has 0 unspecified atom stereocenters. The van der Waals surface area contributed by atoms with Crippen molar-refractivity contribution in [1.29, 1.82) is 0 Å². The quantitative estimate of drug-likeness (QED) is 0.727. The number of ether oxygens (including phenoxy) is 1. The second-order valence-electron chi connectivity index (χ2n) is 4.86. The van der Waals surface area contributed by atoms with E-state index < -0.39 is 0 Å². The SMILES string of the molecule is Cc1cccc(OCCCc2nnc(NC(=O)CCN)s2)c1. The molecule has 118 valence electrons. The number of benzene rings is 1. The fourth-order valence-corrected chi connectivity index (χ4v) is 2.63. The predicted octanol–water partition coefficient (Wildman–Crippen LogP) is 2.15. The van der Waals surface area contributed by atoms with E-state index in [4.69, 9.17) is 10.5 Å². The lowest BCUT2D eigenvalue weighted by Gasteiger charge is -2.05. The van der Waals surface area contributed by atoms with Gasteiger partial charge in [0.1, 0.15) is 10.8 Å². The van der Waals surface area contributed by atoms with E-state index >= 15 is 0 Å². The molecule has 0 aliphatic heterocycles. The third kappa shape index (κ3) is 5.42. The van der Waals surface area contributed by atoms with Crippen LogP contribution in [0.3, 0.4) is 0 Å². The number of carbonyl (C=O) groups is 1. The highest BCUT2D eigenvalue weighted by Crippen LogP contribution is 2.17. The number of hydrogen-bond donors (Lipinski definition) is 2. The summed E-state index contributed by atoms with van der Waals surface area (Å²) in [5.41, 5.74) is 6.50. The number of amides is 1. The second-order valence-corrected chi connectivity index (χ2v) is 5.92. The summed E-state index contributed by atoms with van der Waals surface area (Å²) in [5.74, 6) is 0.750. The van der Waals surface area contributed by atoms with Crippen molar-refractivity contribution in [3.05, 3.63) is 34.8 Å². The molecule has 6 nitrogen and oxygen atoms in total. The van der Waals surface area contributed by atoms with Gasteiger partial charge in [0.15, 0.2) is 0 Å². The van der Waals surface area contributed by atoms with E-state index in [1.165, 1.54) is 16.9 Å². The Morgan fingerprint density at radius 3 is 3.05 bits per heavy atom. The van der Waals surface area contributed by atoms with Crippen LogP contribution < -0.4 is 15.8 Å². The molecular weight excluding hydrogens is 300 g/mol. The summed E-state index contributed by atoms with van der Waals surface area (Å²) in [5, 5.41) is 12.1. The number of rotatable bonds is 8. The first-order valence-electron chi connectivity index (χ1n) is 7.19. The van der Waals surface area contributed by atoms with Crippen molar-refractivity contribution < 1.29 is 9.53 Å². The Balaban J connectivity index is 1.71.